The molecule has 3 heteroatoms. The second kappa shape index (κ2) is 6.76. The molecule has 3 nitrogen and oxygen atoms in total. The number of hydrogen-bond acceptors (Lipinski definition) is 3. The lowest BCUT2D eigenvalue weighted by Crippen LogP contribution is -2.35. The van der Waals surface area contributed by atoms with Crippen LogP contribution in [0.1, 0.15) is 44.4 Å². The van der Waals surface area contributed by atoms with Crippen molar-refractivity contribution in [2.45, 2.75) is 46.2 Å². The van der Waals surface area contributed by atoms with Crippen LogP contribution in [-0.2, 0) is 0 Å². The Morgan fingerprint density at radius 1 is 1.22 bits per heavy atom. The van der Waals surface area contributed by atoms with E-state index in [2.05, 4.69) is 19.2 Å². The first kappa shape index (κ1) is 15.0. The van der Waals surface area contributed by atoms with Gasteiger partial charge in [0.1, 0.15) is 5.75 Å². The van der Waals surface area contributed by atoms with Gasteiger partial charge in [-0.2, -0.15) is 0 Å². The first-order chi connectivity index (χ1) is 8.43. The molecule has 0 aliphatic carbocycles. The number of aromatic hydroxyl groups is 1. The summed E-state index contributed by atoms with van der Waals surface area (Å²) in [6, 6.07) is 5.69. The third kappa shape index (κ3) is 4.31. The molecule has 2 atom stereocenters. The summed E-state index contributed by atoms with van der Waals surface area (Å²) in [7, 11) is 0. The van der Waals surface area contributed by atoms with Gasteiger partial charge in [-0.15, -0.1) is 0 Å². The van der Waals surface area contributed by atoms with Crippen LogP contribution >= 0.6 is 0 Å². The van der Waals surface area contributed by atoms with Gasteiger partial charge in [0.15, 0.2) is 0 Å². The maximum Gasteiger partial charge on any atom is 0.120 e. The fourth-order valence-corrected chi connectivity index (χ4v) is 2.23. The van der Waals surface area contributed by atoms with Gasteiger partial charge in [-0.05, 0) is 32.3 Å². The number of phenols is 1. The summed E-state index contributed by atoms with van der Waals surface area (Å²) in [4.78, 5) is 0. The Balaban J connectivity index is 2.74. The molecule has 0 saturated heterocycles. The SMILES string of the molecule is Cc1ccc(O)c(C(C)NC(CO)CC(C)C)c1. The highest BCUT2D eigenvalue weighted by atomic mass is 16.3. The molecular formula is C15H25NO2. The number of phenolic OH excluding ortho intramolecular Hbond substituents is 1. The molecule has 0 heterocycles. The summed E-state index contributed by atoms with van der Waals surface area (Å²) in [6.07, 6.45) is 0.924. The van der Waals surface area contributed by atoms with E-state index in [1.807, 2.05) is 26.0 Å². The molecule has 0 spiro atoms. The Morgan fingerprint density at radius 2 is 1.89 bits per heavy atom. The molecule has 2 unspecified atom stereocenters. The Bertz CT molecular complexity index is 377. The number of hydrogen-bond donors (Lipinski definition) is 3. The van der Waals surface area contributed by atoms with Crippen LogP contribution in [0.25, 0.3) is 0 Å². The van der Waals surface area contributed by atoms with E-state index in [9.17, 15) is 10.2 Å². The molecule has 0 aliphatic heterocycles. The van der Waals surface area contributed by atoms with Gasteiger partial charge >= 0.3 is 0 Å². The first-order valence-corrected chi connectivity index (χ1v) is 6.60. The number of benzene rings is 1. The smallest absolute Gasteiger partial charge is 0.120 e. The monoisotopic (exact) mass is 251 g/mol. The lowest BCUT2D eigenvalue weighted by molar-refractivity contribution is 0.214. The van der Waals surface area contributed by atoms with Crippen molar-refractivity contribution >= 4 is 0 Å². The van der Waals surface area contributed by atoms with Crippen molar-refractivity contribution in [1.82, 2.24) is 5.32 Å². The molecule has 0 aliphatic rings. The highest BCUT2D eigenvalue weighted by molar-refractivity contribution is 5.37. The van der Waals surface area contributed by atoms with Crippen molar-refractivity contribution in [3.8, 4) is 5.75 Å². The lowest BCUT2D eigenvalue weighted by atomic mass is 10.0. The van der Waals surface area contributed by atoms with Crippen LogP contribution < -0.4 is 5.32 Å². The van der Waals surface area contributed by atoms with Crippen molar-refractivity contribution in [2.75, 3.05) is 6.61 Å². The van der Waals surface area contributed by atoms with E-state index in [4.69, 9.17) is 0 Å². The molecule has 1 rings (SSSR count). The molecule has 0 saturated carbocycles. The van der Waals surface area contributed by atoms with E-state index in [1.54, 1.807) is 6.07 Å². The molecule has 0 aromatic heterocycles. The number of aliphatic hydroxyl groups excluding tert-OH is 1. The molecule has 0 bridgehead atoms. The molecular weight excluding hydrogens is 226 g/mol. The normalized spacial score (nSPS) is 14.8. The largest absolute Gasteiger partial charge is 0.508 e. The predicted molar refractivity (Wildman–Crippen MR) is 74.7 cm³/mol. The third-order valence-electron chi connectivity index (χ3n) is 3.11. The van der Waals surface area contributed by atoms with Gasteiger partial charge in [-0.3, -0.25) is 0 Å². The minimum atomic E-state index is 0.0285. The van der Waals surface area contributed by atoms with Crippen molar-refractivity contribution in [3.05, 3.63) is 29.3 Å². The Morgan fingerprint density at radius 3 is 2.44 bits per heavy atom. The second-order valence-corrected chi connectivity index (χ2v) is 5.46. The molecule has 0 amide bonds. The zero-order chi connectivity index (χ0) is 13.7. The number of aliphatic hydroxyl groups is 1. The standard InChI is InChI=1S/C15H25NO2/c1-10(2)7-13(9-17)16-12(4)14-8-11(3)5-6-15(14)18/h5-6,8,10,12-13,16-18H,7,9H2,1-4H3. The summed E-state index contributed by atoms with van der Waals surface area (Å²) in [5, 5.41) is 22.6. The van der Waals surface area contributed by atoms with Crippen molar-refractivity contribution < 1.29 is 10.2 Å². The predicted octanol–water partition coefficient (Wildman–Crippen LogP) is 2.76. The van der Waals surface area contributed by atoms with Gasteiger partial charge in [-0.1, -0.05) is 31.5 Å². The molecule has 1 aromatic carbocycles. The van der Waals surface area contributed by atoms with Gasteiger partial charge in [-0.25, -0.2) is 0 Å². The molecule has 0 fully saturated rings. The minimum absolute atomic E-state index is 0.0285. The van der Waals surface area contributed by atoms with Crippen molar-refractivity contribution in [1.29, 1.82) is 0 Å². The van der Waals surface area contributed by atoms with Crippen LogP contribution in [-0.4, -0.2) is 22.9 Å². The average molecular weight is 251 g/mol. The fourth-order valence-electron chi connectivity index (χ4n) is 2.23. The lowest BCUT2D eigenvalue weighted by Gasteiger charge is -2.24. The Kier molecular flexibility index (Phi) is 5.63. The highest BCUT2D eigenvalue weighted by Crippen LogP contribution is 2.25. The van der Waals surface area contributed by atoms with Crippen LogP contribution in [0.15, 0.2) is 18.2 Å². The third-order valence-corrected chi connectivity index (χ3v) is 3.11. The van der Waals surface area contributed by atoms with E-state index in [0.717, 1.165) is 17.5 Å². The maximum absolute atomic E-state index is 9.87. The molecule has 0 radical (unpaired) electrons. The Hall–Kier alpha value is -1.06. The molecule has 102 valence electrons. The average Bonchev–Trinajstić information content (AvgIpc) is 2.30. The summed E-state index contributed by atoms with van der Waals surface area (Å²) in [6.45, 7) is 8.41. The van der Waals surface area contributed by atoms with Gasteiger partial charge in [0, 0.05) is 17.6 Å². The van der Waals surface area contributed by atoms with Crippen LogP contribution in [0.2, 0.25) is 0 Å². The minimum Gasteiger partial charge on any atom is -0.508 e. The second-order valence-electron chi connectivity index (χ2n) is 5.46. The number of rotatable bonds is 6. The van der Waals surface area contributed by atoms with E-state index in [0.29, 0.717) is 11.7 Å². The van der Waals surface area contributed by atoms with Crippen LogP contribution in [0.3, 0.4) is 0 Å². The summed E-state index contributed by atoms with van der Waals surface area (Å²) < 4.78 is 0. The highest BCUT2D eigenvalue weighted by Gasteiger charge is 2.16. The molecule has 3 N–H and O–H groups in total. The Labute approximate surface area is 110 Å². The quantitative estimate of drug-likeness (QED) is 0.728. The van der Waals surface area contributed by atoms with Gasteiger partial charge in [0.25, 0.3) is 0 Å². The summed E-state index contributed by atoms with van der Waals surface area (Å²) in [5.74, 6) is 0.842. The zero-order valence-electron chi connectivity index (χ0n) is 11.8. The molecule has 18 heavy (non-hydrogen) atoms. The summed E-state index contributed by atoms with van der Waals surface area (Å²) in [5.41, 5.74) is 2.01. The van der Waals surface area contributed by atoms with E-state index in [-0.39, 0.29) is 18.7 Å². The van der Waals surface area contributed by atoms with E-state index >= 15 is 0 Å². The molecule has 1 aromatic rings. The summed E-state index contributed by atoms with van der Waals surface area (Å²) >= 11 is 0. The van der Waals surface area contributed by atoms with Crippen LogP contribution in [0, 0.1) is 12.8 Å². The van der Waals surface area contributed by atoms with Crippen molar-refractivity contribution in [3.63, 3.8) is 0 Å². The van der Waals surface area contributed by atoms with Crippen LogP contribution in [0.5, 0.6) is 5.75 Å². The van der Waals surface area contributed by atoms with Crippen molar-refractivity contribution in [2.24, 2.45) is 5.92 Å². The topological polar surface area (TPSA) is 52.5 Å². The fraction of sp³-hybridized carbons (Fsp3) is 0.600. The number of nitrogens with one attached hydrogen (secondary N) is 1. The maximum atomic E-state index is 9.87. The zero-order valence-corrected chi connectivity index (χ0v) is 11.8. The van der Waals surface area contributed by atoms with Crippen LogP contribution in [0.4, 0.5) is 0 Å². The first-order valence-electron chi connectivity index (χ1n) is 6.60. The van der Waals surface area contributed by atoms with E-state index in [1.165, 1.54) is 0 Å². The van der Waals surface area contributed by atoms with Gasteiger partial charge in [0.05, 0.1) is 6.61 Å². The van der Waals surface area contributed by atoms with E-state index < -0.39 is 0 Å². The van der Waals surface area contributed by atoms with Gasteiger partial charge < -0.3 is 15.5 Å². The number of aryl methyl sites for hydroxylation is 1. The van der Waals surface area contributed by atoms with Gasteiger partial charge in [0.2, 0.25) is 0 Å².